The van der Waals surface area contributed by atoms with Crippen LogP contribution in [0, 0.1) is 6.92 Å². The molecule has 0 aliphatic carbocycles. The maximum atomic E-state index is 11.6. The standard InChI is InChI=1S/C13H17NO4/c1-8-4-5-10(6-11(8)18-3)7-12(15)14-9(2)13(16)17/h4-6,9H,7H2,1-3H3,(H,14,15)(H,16,17)/t9-/m1/s1. The van der Waals surface area contributed by atoms with Crippen molar-refractivity contribution in [2.75, 3.05) is 7.11 Å². The molecule has 5 nitrogen and oxygen atoms in total. The molecule has 0 unspecified atom stereocenters. The van der Waals surface area contributed by atoms with Gasteiger partial charge in [-0.3, -0.25) is 9.59 Å². The fraction of sp³-hybridized carbons (Fsp3) is 0.385. The summed E-state index contributed by atoms with van der Waals surface area (Å²) in [6, 6.07) is 4.58. The SMILES string of the molecule is COc1cc(CC(=O)N[C@H](C)C(=O)O)ccc1C. The molecule has 0 heterocycles. The lowest BCUT2D eigenvalue weighted by Crippen LogP contribution is -2.39. The highest BCUT2D eigenvalue weighted by Crippen LogP contribution is 2.19. The molecule has 1 rings (SSSR count). The van der Waals surface area contributed by atoms with E-state index in [1.165, 1.54) is 6.92 Å². The maximum absolute atomic E-state index is 11.6. The van der Waals surface area contributed by atoms with Crippen LogP contribution in [0.3, 0.4) is 0 Å². The minimum Gasteiger partial charge on any atom is -0.496 e. The lowest BCUT2D eigenvalue weighted by molar-refractivity contribution is -0.141. The third kappa shape index (κ3) is 3.76. The largest absolute Gasteiger partial charge is 0.496 e. The van der Waals surface area contributed by atoms with Crippen LogP contribution in [-0.2, 0) is 16.0 Å². The molecule has 0 saturated heterocycles. The predicted molar refractivity (Wildman–Crippen MR) is 66.7 cm³/mol. The quantitative estimate of drug-likeness (QED) is 0.822. The lowest BCUT2D eigenvalue weighted by atomic mass is 10.1. The number of carboxylic acid groups (broad SMARTS) is 1. The van der Waals surface area contributed by atoms with Gasteiger partial charge >= 0.3 is 5.97 Å². The Morgan fingerprint density at radius 3 is 2.67 bits per heavy atom. The summed E-state index contributed by atoms with van der Waals surface area (Å²) >= 11 is 0. The fourth-order valence-corrected chi connectivity index (χ4v) is 1.51. The number of ether oxygens (including phenoxy) is 1. The van der Waals surface area contributed by atoms with E-state index in [1.807, 2.05) is 19.1 Å². The van der Waals surface area contributed by atoms with Gasteiger partial charge in [-0.15, -0.1) is 0 Å². The minimum absolute atomic E-state index is 0.133. The first kappa shape index (κ1) is 14.0. The number of benzene rings is 1. The van der Waals surface area contributed by atoms with E-state index >= 15 is 0 Å². The molecule has 18 heavy (non-hydrogen) atoms. The topological polar surface area (TPSA) is 75.6 Å². The molecule has 98 valence electrons. The van der Waals surface area contributed by atoms with Crippen LogP contribution in [0.15, 0.2) is 18.2 Å². The van der Waals surface area contributed by atoms with E-state index in [9.17, 15) is 9.59 Å². The van der Waals surface area contributed by atoms with Crippen molar-refractivity contribution >= 4 is 11.9 Å². The molecule has 5 heteroatoms. The zero-order chi connectivity index (χ0) is 13.7. The maximum Gasteiger partial charge on any atom is 0.325 e. The van der Waals surface area contributed by atoms with Crippen molar-refractivity contribution in [2.45, 2.75) is 26.3 Å². The van der Waals surface area contributed by atoms with Crippen LogP contribution in [0.5, 0.6) is 5.75 Å². The van der Waals surface area contributed by atoms with Gasteiger partial charge < -0.3 is 15.2 Å². The van der Waals surface area contributed by atoms with Crippen LogP contribution in [0.2, 0.25) is 0 Å². The van der Waals surface area contributed by atoms with Gasteiger partial charge in [0.25, 0.3) is 0 Å². The number of carbonyl (C=O) groups is 2. The molecule has 0 bridgehead atoms. The molecule has 1 amide bonds. The molecule has 0 saturated carbocycles. The zero-order valence-electron chi connectivity index (χ0n) is 10.7. The van der Waals surface area contributed by atoms with E-state index in [0.717, 1.165) is 11.1 Å². The summed E-state index contributed by atoms with van der Waals surface area (Å²) in [5.74, 6) is -0.660. The Labute approximate surface area is 106 Å². The summed E-state index contributed by atoms with van der Waals surface area (Å²) in [4.78, 5) is 22.2. The van der Waals surface area contributed by atoms with E-state index in [-0.39, 0.29) is 12.3 Å². The summed E-state index contributed by atoms with van der Waals surface area (Å²) in [5.41, 5.74) is 1.77. The van der Waals surface area contributed by atoms with Gasteiger partial charge in [-0.2, -0.15) is 0 Å². The monoisotopic (exact) mass is 251 g/mol. The normalized spacial score (nSPS) is 11.7. The number of carbonyl (C=O) groups excluding carboxylic acids is 1. The van der Waals surface area contributed by atoms with Crippen molar-refractivity contribution < 1.29 is 19.4 Å². The molecule has 2 N–H and O–H groups in total. The number of carboxylic acids is 1. The third-order valence-electron chi connectivity index (χ3n) is 2.59. The van der Waals surface area contributed by atoms with Crippen LogP contribution < -0.4 is 10.1 Å². The first-order chi connectivity index (χ1) is 8.43. The number of hydrogen-bond donors (Lipinski definition) is 2. The second-order valence-electron chi connectivity index (χ2n) is 4.11. The van der Waals surface area contributed by atoms with Crippen LogP contribution in [0.4, 0.5) is 0 Å². The van der Waals surface area contributed by atoms with Gasteiger partial charge in [0, 0.05) is 0 Å². The Morgan fingerprint density at radius 1 is 1.44 bits per heavy atom. The predicted octanol–water partition coefficient (Wildman–Crippen LogP) is 1.14. The number of aliphatic carboxylic acids is 1. The van der Waals surface area contributed by atoms with Crippen molar-refractivity contribution in [1.29, 1.82) is 0 Å². The zero-order valence-corrected chi connectivity index (χ0v) is 10.7. The average molecular weight is 251 g/mol. The van der Waals surface area contributed by atoms with Gasteiger partial charge in [0.1, 0.15) is 11.8 Å². The van der Waals surface area contributed by atoms with Crippen molar-refractivity contribution in [1.82, 2.24) is 5.32 Å². The first-order valence-corrected chi connectivity index (χ1v) is 5.59. The van der Waals surface area contributed by atoms with E-state index in [2.05, 4.69) is 5.32 Å². The molecule has 0 aliphatic rings. The van der Waals surface area contributed by atoms with Crippen molar-refractivity contribution in [2.24, 2.45) is 0 Å². The second kappa shape index (κ2) is 6.05. The number of nitrogens with one attached hydrogen (secondary N) is 1. The highest BCUT2D eigenvalue weighted by Gasteiger charge is 2.14. The Morgan fingerprint density at radius 2 is 2.11 bits per heavy atom. The van der Waals surface area contributed by atoms with E-state index in [0.29, 0.717) is 5.75 Å². The number of aryl methyl sites for hydroxylation is 1. The Balaban J connectivity index is 2.67. The Kier molecular flexibility index (Phi) is 4.71. The third-order valence-corrected chi connectivity index (χ3v) is 2.59. The highest BCUT2D eigenvalue weighted by atomic mass is 16.5. The molecule has 0 fully saturated rings. The highest BCUT2D eigenvalue weighted by molar-refractivity contribution is 5.84. The molecule has 0 spiro atoms. The summed E-state index contributed by atoms with van der Waals surface area (Å²) in [6.07, 6.45) is 0.133. The van der Waals surface area contributed by atoms with Crippen LogP contribution in [-0.4, -0.2) is 30.1 Å². The molecule has 0 aromatic heterocycles. The molecule has 1 aromatic carbocycles. The summed E-state index contributed by atoms with van der Waals surface area (Å²) in [5, 5.41) is 11.1. The van der Waals surface area contributed by atoms with Gasteiger partial charge in [0.15, 0.2) is 0 Å². The summed E-state index contributed by atoms with van der Waals surface area (Å²) in [7, 11) is 1.57. The van der Waals surface area contributed by atoms with Gasteiger partial charge in [0.2, 0.25) is 5.91 Å². The van der Waals surface area contributed by atoms with Crippen molar-refractivity contribution in [3.8, 4) is 5.75 Å². The Bertz CT molecular complexity index is 456. The first-order valence-electron chi connectivity index (χ1n) is 5.59. The summed E-state index contributed by atoms with van der Waals surface area (Å²) < 4.78 is 5.16. The van der Waals surface area contributed by atoms with Gasteiger partial charge in [-0.1, -0.05) is 12.1 Å². The average Bonchev–Trinajstić information content (AvgIpc) is 2.31. The van der Waals surface area contributed by atoms with Gasteiger partial charge in [-0.05, 0) is 31.0 Å². The van der Waals surface area contributed by atoms with E-state index in [4.69, 9.17) is 9.84 Å². The molecule has 0 radical (unpaired) electrons. The van der Waals surface area contributed by atoms with E-state index < -0.39 is 12.0 Å². The Hall–Kier alpha value is -2.04. The molecule has 1 aromatic rings. The van der Waals surface area contributed by atoms with Crippen molar-refractivity contribution in [3.63, 3.8) is 0 Å². The fourth-order valence-electron chi connectivity index (χ4n) is 1.51. The number of hydrogen-bond acceptors (Lipinski definition) is 3. The number of amides is 1. The van der Waals surface area contributed by atoms with Crippen LogP contribution in [0.25, 0.3) is 0 Å². The summed E-state index contributed by atoms with van der Waals surface area (Å²) in [6.45, 7) is 3.34. The second-order valence-corrected chi connectivity index (χ2v) is 4.11. The van der Waals surface area contributed by atoms with Gasteiger partial charge in [0.05, 0.1) is 13.5 Å². The lowest BCUT2D eigenvalue weighted by Gasteiger charge is -2.10. The van der Waals surface area contributed by atoms with Crippen LogP contribution >= 0.6 is 0 Å². The smallest absolute Gasteiger partial charge is 0.325 e. The van der Waals surface area contributed by atoms with Gasteiger partial charge in [-0.25, -0.2) is 0 Å². The molecule has 0 aliphatic heterocycles. The number of rotatable bonds is 5. The molecular weight excluding hydrogens is 234 g/mol. The number of methoxy groups -OCH3 is 1. The van der Waals surface area contributed by atoms with Crippen molar-refractivity contribution in [3.05, 3.63) is 29.3 Å². The van der Waals surface area contributed by atoms with Crippen LogP contribution in [0.1, 0.15) is 18.1 Å². The molecule has 1 atom stereocenters. The molecular formula is C13H17NO4. The minimum atomic E-state index is -1.05. The van der Waals surface area contributed by atoms with E-state index in [1.54, 1.807) is 13.2 Å².